The summed E-state index contributed by atoms with van der Waals surface area (Å²) < 4.78 is 125. The normalized spacial score (nSPS) is 12.8. The number of azo groups is 2. The summed E-state index contributed by atoms with van der Waals surface area (Å²) >= 11 is 4.55. The van der Waals surface area contributed by atoms with E-state index in [2.05, 4.69) is 60.4 Å². The van der Waals surface area contributed by atoms with E-state index in [1.807, 2.05) is 0 Å². The van der Waals surface area contributed by atoms with Gasteiger partial charge in [0.2, 0.25) is 28.9 Å². The Balaban J connectivity index is 1.27. The molecule has 4 aromatic carbocycles. The molecule has 36 heteroatoms. The summed E-state index contributed by atoms with van der Waals surface area (Å²) in [5, 5.41) is 70.4. The van der Waals surface area contributed by atoms with Gasteiger partial charge in [-0.05, 0) is 66.2 Å². The number of nitrogens with zero attached hydrogens (tertiary/aromatic N) is 8. The van der Waals surface area contributed by atoms with E-state index in [1.54, 1.807) is 0 Å². The topological polar surface area (TPSA) is 460 Å². The summed E-state index contributed by atoms with van der Waals surface area (Å²) in [5.74, 6) is -5.56. The number of halogens is 1. The van der Waals surface area contributed by atoms with Crippen molar-refractivity contribution in [3.05, 3.63) is 77.6 Å². The van der Waals surface area contributed by atoms with Crippen LogP contribution in [0.3, 0.4) is 0 Å². The number of hydrogen-bond donors (Lipinski definition) is 10. The number of aromatic nitrogens is 4. The van der Waals surface area contributed by atoms with Crippen LogP contribution in [0.5, 0.6) is 17.5 Å². The number of phenols is 1. The average Bonchev–Trinajstić information content (AvgIpc) is 3.24. The molecule has 0 amide bonds. The van der Waals surface area contributed by atoms with Crippen LogP contribution in [0.2, 0.25) is 5.28 Å². The summed E-state index contributed by atoms with van der Waals surface area (Å²) in [5.41, 5.74) is -3.55. The number of pyridine rings is 1. The van der Waals surface area contributed by atoms with Gasteiger partial charge in [0, 0.05) is 27.4 Å². The summed E-state index contributed by atoms with van der Waals surface area (Å²) in [4.78, 5) is 29.1. The summed E-state index contributed by atoms with van der Waals surface area (Å²) in [6, 6.07) is 11.1. The lowest BCUT2D eigenvalue weighted by Gasteiger charge is -2.14. The quantitative estimate of drug-likeness (QED) is 0.0105. The van der Waals surface area contributed by atoms with Crippen molar-refractivity contribution in [2.75, 3.05) is 23.0 Å². The number of hydrogen-bond acceptors (Lipinski definition) is 27. The molecule has 10 N–H and O–H groups in total. The molecule has 69 heavy (non-hydrogen) atoms. The van der Waals surface area contributed by atoms with Crippen molar-refractivity contribution in [3.63, 3.8) is 0 Å². The third kappa shape index (κ3) is 13.1. The van der Waals surface area contributed by atoms with Gasteiger partial charge in [-0.3, -0.25) is 13.7 Å². The van der Waals surface area contributed by atoms with E-state index < -0.39 is 125 Å². The molecule has 6 aromatic rings. The predicted molar refractivity (Wildman–Crippen MR) is 233 cm³/mol. The minimum Gasteiger partial charge on any atom is -0.505 e. The maximum absolute atomic E-state index is 12.8. The number of anilines is 4. The molecule has 1 atom stereocenters. The van der Waals surface area contributed by atoms with Crippen molar-refractivity contribution in [3.8, 4) is 17.5 Å². The molecule has 30 nitrogen and oxygen atoms in total. The number of fused-ring (bicyclic) bond motifs is 1. The van der Waals surface area contributed by atoms with Crippen molar-refractivity contribution < 1.29 is 92.2 Å². The predicted octanol–water partition coefficient (Wildman–Crippen LogP) is 5.99. The molecule has 0 aliphatic rings. The van der Waals surface area contributed by atoms with Crippen LogP contribution in [0.1, 0.15) is 10.4 Å². The molecule has 0 radical (unpaired) electrons. The molecule has 6 rings (SSSR count). The van der Waals surface area contributed by atoms with Gasteiger partial charge in [0.1, 0.15) is 31.7 Å². The molecule has 0 bridgehead atoms. The second kappa shape index (κ2) is 21.3. The minimum atomic E-state index is -5.19. The fraction of sp³-hybridized carbons (Fsp3) is 0.0606. The Morgan fingerprint density at radius 2 is 1.39 bits per heavy atom. The largest absolute Gasteiger partial charge is 0.505 e. The standard InChI is InChI=1S/C33H25ClN10O20S5/c34-31-38-32(35-14-1-5-19(24(11-14)68(55,56)57)41-44-26-18(30(48)49)13-25(45)37-29(26)47)40-33(39-31)36-21-7-3-16-17(28(21)69(58,59)60)4-6-20(27(16)46)42-43-22-12-15(2-8-23(22)67(52,53)54)65-63-61-9-10-66(51)64-62-50/h1-8,11-13,46,50H,9-10H2,(H,48,49)(H2,37,45,47)(H,52,53,54)(H,55,56,57)(H,58,59,60)(H2,35,36,38,39,40). The van der Waals surface area contributed by atoms with Gasteiger partial charge in [0.25, 0.3) is 30.4 Å². The number of carboxylic acid groups (broad SMARTS) is 1. The van der Waals surface area contributed by atoms with Crippen LogP contribution >= 0.6 is 23.6 Å². The molecule has 0 aliphatic heterocycles. The molecular weight excluding hydrogens is 1050 g/mol. The minimum absolute atomic E-state index is 0.129. The maximum atomic E-state index is 12.8. The van der Waals surface area contributed by atoms with Crippen LogP contribution in [0.25, 0.3) is 10.8 Å². The first-order valence-corrected chi connectivity index (χ1v) is 24.4. The van der Waals surface area contributed by atoms with Crippen molar-refractivity contribution in [1.29, 1.82) is 0 Å². The monoisotopic (exact) mass is 1080 g/mol. The molecule has 0 fully saturated rings. The zero-order chi connectivity index (χ0) is 50.4. The van der Waals surface area contributed by atoms with E-state index in [0.717, 1.165) is 54.6 Å². The highest BCUT2D eigenvalue weighted by atomic mass is 35.5. The maximum Gasteiger partial charge on any atom is 0.338 e. The van der Waals surface area contributed by atoms with Crippen LogP contribution in [-0.2, 0) is 60.0 Å². The van der Waals surface area contributed by atoms with E-state index in [1.165, 1.54) is 6.07 Å². The molecule has 364 valence electrons. The van der Waals surface area contributed by atoms with Gasteiger partial charge in [-0.25, -0.2) is 19.1 Å². The number of aromatic carboxylic acids is 1. The molecule has 0 aliphatic carbocycles. The highest BCUT2D eigenvalue weighted by Crippen LogP contribution is 2.42. The Kier molecular flexibility index (Phi) is 15.9. The molecule has 1 unspecified atom stereocenters. The molecular formula is C33H25ClN10O20S5. The average molecular weight is 1080 g/mol. The number of phenolic OH excluding ortho intramolecular Hbond substituents is 1. The number of rotatable bonds is 20. The van der Waals surface area contributed by atoms with Gasteiger partial charge < -0.3 is 31.1 Å². The third-order valence-electron chi connectivity index (χ3n) is 8.25. The van der Waals surface area contributed by atoms with Gasteiger partial charge in [-0.1, -0.05) is 11.1 Å². The highest BCUT2D eigenvalue weighted by molar-refractivity contribution is 7.94. The zero-order valence-electron chi connectivity index (χ0n) is 33.2. The van der Waals surface area contributed by atoms with Crippen molar-refractivity contribution >= 4 is 128 Å². The Bertz CT molecular complexity index is 3450. The van der Waals surface area contributed by atoms with Crippen molar-refractivity contribution in [2.45, 2.75) is 19.6 Å². The van der Waals surface area contributed by atoms with Crippen LogP contribution in [0.4, 0.5) is 46.0 Å². The van der Waals surface area contributed by atoms with E-state index in [-0.39, 0.29) is 39.4 Å². The van der Waals surface area contributed by atoms with E-state index in [9.17, 15) is 68.3 Å². The Morgan fingerprint density at radius 3 is 2.06 bits per heavy atom. The molecule has 0 spiro atoms. The number of carbonyl (C=O) groups is 1. The molecule has 2 heterocycles. The third-order valence-corrected chi connectivity index (χ3v) is 12.5. The first kappa shape index (κ1) is 51.7. The lowest BCUT2D eigenvalue weighted by atomic mass is 10.1. The lowest BCUT2D eigenvalue weighted by Crippen LogP contribution is -2.08. The molecule has 2 aromatic heterocycles. The Labute approximate surface area is 396 Å². The fourth-order valence-electron chi connectivity index (χ4n) is 5.50. The van der Waals surface area contributed by atoms with Crippen LogP contribution in [0.15, 0.2) is 107 Å². The van der Waals surface area contributed by atoms with Crippen molar-refractivity contribution in [1.82, 2.24) is 19.9 Å². The molecule has 0 saturated carbocycles. The first-order chi connectivity index (χ1) is 32.4. The second-order valence-corrected chi connectivity index (χ2v) is 19.1. The number of nitrogens with one attached hydrogen (secondary N) is 2. The lowest BCUT2D eigenvalue weighted by molar-refractivity contribution is -0.435. The van der Waals surface area contributed by atoms with Gasteiger partial charge in [0.15, 0.2) is 22.5 Å². The van der Waals surface area contributed by atoms with E-state index in [4.69, 9.17) is 26.1 Å². The Morgan fingerprint density at radius 1 is 0.739 bits per heavy atom. The Hall–Kier alpha value is -6.71. The highest BCUT2D eigenvalue weighted by Gasteiger charge is 2.25. The van der Waals surface area contributed by atoms with Crippen LogP contribution < -0.4 is 10.6 Å². The number of benzene rings is 4. The van der Waals surface area contributed by atoms with Gasteiger partial charge in [0.05, 0.1) is 35.7 Å². The first-order valence-electron chi connectivity index (χ1n) is 17.7. The van der Waals surface area contributed by atoms with E-state index >= 15 is 0 Å². The zero-order valence-corrected chi connectivity index (χ0v) is 38.1. The second-order valence-electron chi connectivity index (χ2n) is 12.7. The summed E-state index contributed by atoms with van der Waals surface area (Å²) in [6.45, 7) is -0.320. The number of carboxylic acids is 1. The van der Waals surface area contributed by atoms with Crippen LogP contribution in [0, 0.1) is 0 Å². The summed E-state index contributed by atoms with van der Waals surface area (Å²) in [7, 11) is -15.2. The molecule has 0 saturated heterocycles. The summed E-state index contributed by atoms with van der Waals surface area (Å²) in [6.07, 6.45) is 0. The van der Waals surface area contributed by atoms with Gasteiger partial charge in [-0.15, -0.1) is 24.8 Å². The van der Waals surface area contributed by atoms with Crippen molar-refractivity contribution in [2.24, 2.45) is 20.5 Å². The van der Waals surface area contributed by atoms with E-state index in [0.29, 0.717) is 18.1 Å². The van der Waals surface area contributed by atoms with Gasteiger partial charge in [-0.2, -0.15) is 49.5 Å². The fourth-order valence-corrected chi connectivity index (χ4v) is 8.58. The number of aromatic hydroxyl groups is 3. The van der Waals surface area contributed by atoms with Gasteiger partial charge >= 0.3 is 5.97 Å². The smallest absolute Gasteiger partial charge is 0.338 e. The van der Waals surface area contributed by atoms with Crippen LogP contribution in [-0.4, -0.2) is 107 Å². The SMILES string of the molecule is O=C(O)c1cc(O)nc(O)c1N=Nc1ccc(Nc2nc(Cl)nc(Nc3ccc4c(O)c(N=Nc5cc(SOOCCS(=O)OOO)ccc5S(=O)(=O)O)ccc4c3S(=O)(=O)O)n2)cc1S(=O)(=O)O.